The highest BCUT2D eigenvalue weighted by Gasteiger charge is 2.29. The fourth-order valence-electron chi connectivity index (χ4n) is 3.59. The van der Waals surface area contributed by atoms with E-state index < -0.39 is 10.0 Å². The molecule has 0 saturated heterocycles. The lowest BCUT2D eigenvalue weighted by atomic mass is 10.1. The quantitative estimate of drug-likeness (QED) is 0.509. The minimum absolute atomic E-state index is 0.0803. The summed E-state index contributed by atoms with van der Waals surface area (Å²) < 4.78 is 26.6. The van der Waals surface area contributed by atoms with Crippen LogP contribution in [-0.2, 0) is 21.2 Å². The molecule has 0 unspecified atom stereocenters. The van der Waals surface area contributed by atoms with Crippen LogP contribution in [0.1, 0.15) is 43.2 Å². The summed E-state index contributed by atoms with van der Waals surface area (Å²) in [6.07, 6.45) is 4.85. The second-order valence-corrected chi connectivity index (χ2v) is 9.81. The maximum Gasteiger partial charge on any atom is 0.263 e. The predicted octanol–water partition coefficient (Wildman–Crippen LogP) is 3.10. The van der Waals surface area contributed by atoms with Gasteiger partial charge in [0.15, 0.2) is 0 Å². The average molecular weight is 457 g/mol. The highest BCUT2D eigenvalue weighted by Crippen LogP contribution is 2.22. The SMILES string of the molecule is CN(C)c1ccc(CCCNC(=O)CCCCCN=C2NS(=O)(=O)c3ccccc32)cc1. The number of amidine groups is 1. The van der Waals surface area contributed by atoms with Gasteiger partial charge < -0.3 is 10.2 Å². The molecule has 2 N–H and O–H groups in total. The third-order valence-electron chi connectivity index (χ3n) is 5.41. The maximum absolute atomic E-state index is 12.1. The summed E-state index contributed by atoms with van der Waals surface area (Å²) in [5, 5.41) is 2.99. The molecule has 0 aromatic heterocycles. The first kappa shape index (κ1) is 23.8. The summed E-state index contributed by atoms with van der Waals surface area (Å²) in [6.45, 7) is 1.21. The molecule has 0 fully saturated rings. The number of carbonyl (C=O) groups is 1. The first-order valence-corrected chi connectivity index (χ1v) is 12.5. The predicted molar refractivity (Wildman–Crippen MR) is 129 cm³/mol. The summed E-state index contributed by atoms with van der Waals surface area (Å²) in [6, 6.07) is 15.3. The van der Waals surface area contributed by atoms with Crippen molar-refractivity contribution < 1.29 is 13.2 Å². The molecule has 172 valence electrons. The number of hydrogen-bond acceptors (Lipinski definition) is 5. The number of hydrogen-bond donors (Lipinski definition) is 2. The van der Waals surface area contributed by atoms with E-state index in [4.69, 9.17) is 0 Å². The third kappa shape index (κ3) is 6.56. The third-order valence-corrected chi connectivity index (χ3v) is 6.81. The molecule has 0 spiro atoms. The second kappa shape index (κ2) is 11.1. The van der Waals surface area contributed by atoms with Crippen molar-refractivity contribution in [3.05, 3.63) is 59.7 Å². The monoisotopic (exact) mass is 456 g/mol. The molecule has 2 aromatic carbocycles. The molecule has 0 aliphatic carbocycles. The summed E-state index contributed by atoms with van der Waals surface area (Å²) >= 11 is 0. The molecule has 0 saturated carbocycles. The maximum atomic E-state index is 12.1. The zero-order valence-electron chi connectivity index (χ0n) is 18.8. The lowest BCUT2D eigenvalue weighted by Gasteiger charge is -2.12. The van der Waals surface area contributed by atoms with E-state index in [1.807, 2.05) is 14.1 Å². The standard InChI is InChI=1S/C24H32N4O3S/c1-28(2)20-15-13-19(14-16-20)9-8-18-25-23(29)12-4-3-7-17-26-24-21-10-5-6-11-22(21)32(30,31)27-24/h5-6,10-11,13-16H,3-4,7-9,12,17-18H2,1-2H3,(H,25,29)(H,26,27). The van der Waals surface area contributed by atoms with Gasteiger partial charge in [0, 0.05) is 44.9 Å². The molecule has 32 heavy (non-hydrogen) atoms. The summed E-state index contributed by atoms with van der Waals surface area (Å²) in [5.74, 6) is 0.492. The first-order chi connectivity index (χ1) is 15.4. The Bertz CT molecular complexity index is 1050. The number of sulfonamides is 1. The van der Waals surface area contributed by atoms with Gasteiger partial charge in [0.2, 0.25) is 5.91 Å². The van der Waals surface area contributed by atoms with E-state index in [2.05, 4.69) is 44.2 Å². The van der Waals surface area contributed by atoms with E-state index in [9.17, 15) is 13.2 Å². The van der Waals surface area contributed by atoms with Gasteiger partial charge in [0.25, 0.3) is 10.0 Å². The molecule has 0 radical (unpaired) electrons. The van der Waals surface area contributed by atoms with Crippen molar-refractivity contribution in [1.29, 1.82) is 0 Å². The number of fused-ring (bicyclic) bond motifs is 1. The van der Waals surface area contributed by atoms with Gasteiger partial charge >= 0.3 is 0 Å². The Balaban J connectivity index is 1.27. The van der Waals surface area contributed by atoms with Crippen LogP contribution in [0.25, 0.3) is 0 Å². The van der Waals surface area contributed by atoms with Crippen LogP contribution in [0.5, 0.6) is 0 Å². The van der Waals surface area contributed by atoms with Gasteiger partial charge in [0.05, 0.1) is 4.90 Å². The molecule has 0 bridgehead atoms. The van der Waals surface area contributed by atoms with Crippen LogP contribution in [0, 0.1) is 0 Å². The number of aliphatic imine (C=N–C) groups is 1. The largest absolute Gasteiger partial charge is 0.378 e. The highest BCUT2D eigenvalue weighted by atomic mass is 32.2. The van der Waals surface area contributed by atoms with Gasteiger partial charge in [-0.3, -0.25) is 14.5 Å². The number of benzene rings is 2. The Labute approximate surface area is 191 Å². The van der Waals surface area contributed by atoms with Crippen molar-refractivity contribution in [2.24, 2.45) is 4.99 Å². The number of anilines is 1. The summed E-state index contributed by atoms with van der Waals surface area (Å²) in [7, 11) is 0.566. The average Bonchev–Trinajstić information content (AvgIpc) is 3.04. The van der Waals surface area contributed by atoms with Crippen molar-refractivity contribution >= 4 is 27.5 Å². The number of amides is 1. The highest BCUT2D eigenvalue weighted by molar-refractivity contribution is 7.90. The summed E-state index contributed by atoms with van der Waals surface area (Å²) in [5.41, 5.74) is 3.09. The number of carbonyl (C=O) groups excluding carboxylic acids is 1. The molecule has 3 rings (SSSR count). The number of nitrogens with one attached hydrogen (secondary N) is 2. The van der Waals surface area contributed by atoms with E-state index in [0.29, 0.717) is 30.9 Å². The number of nitrogens with zero attached hydrogens (tertiary/aromatic N) is 2. The van der Waals surface area contributed by atoms with E-state index in [1.54, 1.807) is 24.3 Å². The Kier molecular flexibility index (Phi) is 8.27. The van der Waals surface area contributed by atoms with Gasteiger partial charge in [-0.1, -0.05) is 30.7 Å². The number of rotatable bonds is 11. The normalized spacial score (nSPS) is 15.2. The van der Waals surface area contributed by atoms with Crippen LogP contribution in [0.15, 0.2) is 58.4 Å². The zero-order chi connectivity index (χ0) is 23.0. The van der Waals surface area contributed by atoms with Crippen LogP contribution in [0.3, 0.4) is 0 Å². The smallest absolute Gasteiger partial charge is 0.263 e. The molecule has 7 nitrogen and oxygen atoms in total. The molecule has 1 aliphatic heterocycles. The van der Waals surface area contributed by atoms with Crippen LogP contribution >= 0.6 is 0 Å². The molecule has 8 heteroatoms. The van der Waals surface area contributed by atoms with Crippen LogP contribution in [0.2, 0.25) is 0 Å². The number of aryl methyl sites for hydroxylation is 1. The van der Waals surface area contributed by atoms with Gasteiger partial charge in [-0.05, 0) is 55.5 Å². The second-order valence-electron chi connectivity index (χ2n) is 8.16. The van der Waals surface area contributed by atoms with Crippen molar-refractivity contribution in [2.45, 2.75) is 43.4 Å². The van der Waals surface area contributed by atoms with Crippen molar-refractivity contribution in [2.75, 3.05) is 32.1 Å². The van der Waals surface area contributed by atoms with Gasteiger partial charge in [-0.15, -0.1) is 0 Å². The molecule has 2 aromatic rings. The Morgan fingerprint density at radius 2 is 1.75 bits per heavy atom. The Hall–Kier alpha value is -2.87. The van der Waals surface area contributed by atoms with E-state index in [0.717, 1.165) is 32.1 Å². The van der Waals surface area contributed by atoms with Crippen molar-refractivity contribution in [3.8, 4) is 0 Å². The molecule has 0 atom stereocenters. The molecule has 1 amide bonds. The lowest BCUT2D eigenvalue weighted by Crippen LogP contribution is -2.24. The Morgan fingerprint density at radius 3 is 2.50 bits per heavy atom. The van der Waals surface area contributed by atoms with Crippen LogP contribution < -0.4 is 14.9 Å². The van der Waals surface area contributed by atoms with E-state index in [1.165, 1.54) is 11.3 Å². The van der Waals surface area contributed by atoms with Gasteiger partial charge in [-0.2, -0.15) is 0 Å². The molecule has 1 heterocycles. The van der Waals surface area contributed by atoms with Crippen LogP contribution in [0.4, 0.5) is 5.69 Å². The van der Waals surface area contributed by atoms with Crippen molar-refractivity contribution in [1.82, 2.24) is 10.0 Å². The summed E-state index contributed by atoms with van der Waals surface area (Å²) in [4.78, 5) is 18.8. The van der Waals surface area contributed by atoms with Gasteiger partial charge in [0.1, 0.15) is 5.84 Å². The Morgan fingerprint density at radius 1 is 1.00 bits per heavy atom. The molecule has 1 aliphatic rings. The number of unbranched alkanes of at least 4 members (excludes halogenated alkanes) is 2. The molecular formula is C24H32N4O3S. The topological polar surface area (TPSA) is 90.9 Å². The van der Waals surface area contributed by atoms with Crippen LogP contribution in [-0.4, -0.2) is 47.3 Å². The van der Waals surface area contributed by atoms with E-state index in [-0.39, 0.29) is 10.8 Å². The van der Waals surface area contributed by atoms with Gasteiger partial charge in [-0.25, -0.2) is 8.42 Å². The molecular weight excluding hydrogens is 424 g/mol. The fourth-order valence-corrected chi connectivity index (χ4v) is 4.84. The minimum atomic E-state index is -3.48. The zero-order valence-corrected chi connectivity index (χ0v) is 19.6. The first-order valence-electron chi connectivity index (χ1n) is 11.1. The van der Waals surface area contributed by atoms with E-state index >= 15 is 0 Å². The van der Waals surface area contributed by atoms with Crippen molar-refractivity contribution in [3.63, 3.8) is 0 Å². The fraction of sp³-hybridized carbons (Fsp3) is 0.417. The lowest BCUT2D eigenvalue weighted by molar-refractivity contribution is -0.121. The minimum Gasteiger partial charge on any atom is -0.378 e.